The first kappa shape index (κ1) is 6.94. The molecule has 0 heterocycles. The minimum absolute atomic E-state index is 0.625. The maximum absolute atomic E-state index is 5.09. The Morgan fingerprint density at radius 2 is 2.22 bits per heavy atom. The van der Waals surface area contributed by atoms with Crippen LogP contribution in [0.25, 0.3) is 0 Å². The summed E-state index contributed by atoms with van der Waals surface area (Å²) >= 11 is 5.09. The summed E-state index contributed by atoms with van der Waals surface area (Å²) in [6, 6.07) is 0. The van der Waals surface area contributed by atoms with Crippen LogP contribution in [-0.2, 0) is 0 Å². The van der Waals surface area contributed by atoms with Crippen LogP contribution in [0.4, 0.5) is 0 Å². The van der Waals surface area contributed by atoms with E-state index in [1.165, 1.54) is 6.42 Å². The Morgan fingerprint density at radius 3 is 2.67 bits per heavy atom. The molecule has 9 heavy (non-hydrogen) atoms. The normalized spacial score (nSPS) is 35.1. The molecule has 0 saturated carbocycles. The molecule has 0 aromatic heterocycles. The topological polar surface area (TPSA) is 0 Å². The Hall–Kier alpha value is -0.170. The maximum Gasteiger partial charge on any atom is 0.0177 e. The van der Waals surface area contributed by atoms with E-state index < -0.39 is 0 Å². The zero-order valence-electron chi connectivity index (χ0n) is 5.92. The molecule has 50 valence electrons. The molecule has 0 aromatic rings. The molecule has 0 aliphatic heterocycles. The molecule has 0 bridgehead atoms. The first-order valence-electron chi connectivity index (χ1n) is 3.42. The van der Waals surface area contributed by atoms with Crippen LogP contribution in [0, 0.1) is 11.8 Å². The highest BCUT2D eigenvalue weighted by molar-refractivity contribution is 7.80. The molecular weight excluding hydrogens is 128 g/mol. The van der Waals surface area contributed by atoms with Gasteiger partial charge in [-0.1, -0.05) is 38.2 Å². The lowest BCUT2D eigenvalue weighted by Gasteiger charge is -2.18. The minimum atomic E-state index is 0.625. The number of hydrogen-bond donors (Lipinski definition) is 0. The molecule has 0 fully saturated rings. The second-order valence-corrected chi connectivity index (χ2v) is 3.35. The molecule has 0 spiro atoms. The van der Waals surface area contributed by atoms with Crippen molar-refractivity contribution in [3.63, 3.8) is 0 Å². The average Bonchev–Trinajstić information content (AvgIpc) is 1.80. The third-order valence-corrected chi connectivity index (χ3v) is 2.34. The van der Waals surface area contributed by atoms with Crippen molar-refractivity contribution in [2.45, 2.75) is 20.3 Å². The van der Waals surface area contributed by atoms with Gasteiger partial charge in [0.1, 0.15) is 0 Å². The van der Waals surface area contributed by atoms with Gasteiger partial charge >= 0.3 is 0 Å². The zero-order chi connectivity index (χ0) is 6.85. The monoisotopic (exact) mass is 140 g/mol. The standard InChI is InChI=1S/C8H12S/c1-6-3-4-8(9)7(2)5-6/h3-4,6-7H,5H2,1-2H3. The molecule has 0 nitrogen and oxygen atoms in total. The summed E-state index contributed by atoms with van der Waals surface area (Å²) in [6.45, 7) is 4.43. The molecule has 0 amide bonds. The molecular formula is C8H12S. The predicted octanol–water partition coefficient (Wildman–Crippen LogP) is 2.59. The van der Waals surface area contributed by atoms with Crippen LogP contribution in [0.2, 0.25) is 0 Å². The van der Waals surface area contributed by atoms with E-state index in [0.29, 0.717) is 5.92 Å². The minimum Gasteiger partial charge on any atom is -0.0846 e. The van der Waals surface area contributed by atoms with Crippen molar-refractivity contribution in [1.82, 2.24) is 0 Å². The summed E-state index contributed by atoms with van der Waals surface area (Å²) in [4.78, 5) is 1.12. The van der Waals surface area contributed by atoms with Gasteiger partial charge in [-0.2, -0.15) is 0 Å². The Bertz CT molecular complexity index is 147. The Balaban J connectivity index is 2.65. The lowest BCUT2D eigenvalue weighted by Crippen LogP contribution is -2.13. The molecule has 2 unspecified atom stereocenters. The molecule has 1 aliphatic carbocycles. The smallest absolute Gasteiger partial charge is 0.0177 e. The second kappa shape index (κ2) is 2.61. The van der Waals surface area contributed by atoms with E-state index in [0.717, 1.165) is 10.8 Å². The van der Waals surface area contributed by atoms with Gasteiger partial charge in [0.25, 0.3) is 0 Å². The second-order valence-electron chi connectivity index (χ2n) is 2.88. The van der Waals surface area contributed by atoms with Crippen LogP contribution in [0.1, 0.15) is 20.3 Å². The predicted molar refractivity (Wildman–Crippen MR) is 44.7 cm³/mol. The first-order valence-corrected chi connectivity index (χ1v) is 3.83. The fourth-order valence-electron chi connectivity index (χ4n) is 1.18. The van der Waals surface area contributed by atoms with Gasteiger partial charge in [0.15, 0.2) is 0 Å². The number of allylic oxidation sites excluding steroid dienone is 2. The van der Waals surface area contributed by atoms with Gasteiger partial charge in [-0.25, -0.2) is 0 Å². The Morgan fingerprint density at radius 1 is 1.56 bits per heavy atom. The van der Waals surface area contributed by atoms with E-state index in [2.05, 4.69) is 26.0 Å². The fourth-order valence-corrected chi connectivity index (χ4v) is 1.35. The van der Waals surface area contributed by atoms with Crippen LogP contribution < -0.4 is 0 Å². The van der Waals surface area contributed by atoms with Crippen molar-refractivity contribution >= 4 is 17.1 Å². The van der Waals surface area contributed by atoms with E-state index in [-0.39, 0.29) is 0 Å². The Kier molecular flexibility index (Phi) is 2.01. The summed E-state index contributed by atoms with van der Waals surface area (Å²) in [7, 11) is 0. The van der Waals surface area contributed by atoms with Crippen molar-refractivity contribution in [3.8, 4) is 0 Å². The van der Waals surface area contributed by atoms with Crippen LogP contribution in [0.3, 0.4) is 0 Å². The van der Waals surface area contributed by atoms with Crippen LogP contribution >= 0.6 is 12.2 Å². The molecule has 0 radical (unpaired) electrons. The lowest BCUT2D eigenvalue weighted by atomic mass is 9.89. The van der Waals surface area contributed by atoms with E-state index in [4.69, 9.17) is 12.2 Å². The third kappa shape index (κ3) is 1.62. The maximum atomic E-state index is 5.09. The summed E-state index contributed by atoms with van der Waals surface area (Å²) in [6.07, 6.45) is 5.51. The molecule has 1 aliphatic rings. The van der Waals surface area contributed by atoms with Crippen molar-refractivity contribution in [2.75, 3.05) is 0 Å². The third-order valence-electron chi connectivity index (χ3n) is 1.80. The quantitative estimate of drug-likeness (QED) is 0.466. The van der Waals surface area contributed by atoms with Gasteiger partial charge in [-0.3, -0.25) is 0 Å². The molecule has 0 saturated heterocycles. The molecule has 2 atom stereocenters. The van der Waals surface area contributed by atoms with Crippen LogP contribution in [-0.4, -0.2) is 4.86 Å². The van der Waals surface area contributed by atoms with E-state index >= 15 is 0 Å². The van der Waals surface area contributed by atoms with Gasteiger partial charge in [0, 0.05) is 4.86 Å². The Labute approximate surface area is 62.0 Å². The number of hydrogen-bond acceptors (Lipinski definition) is 1. The fraction of sp³-hybridized carbons (Fsp3) is 0.625. The average molecular weight is 140 g/mol. The SMILES string of the molecule is CC1C=CC(=S)C(C)C1. The number of rotatable bonds is 0. The highest BCUT2D eigenvalue weighted by atomic mass is 32.1. The van der Waals surface area contributed by atoms with Gasteiger partial charge in [0.2, 0.25) is 0 Å². The van der Waals surface area contributed by atoms with Gasteiger partial charge in [-0.15, -0.1) is 0 Å². The van der Waals surface area contributed by atoms with Crippen molar-refractivity contribution < 1.29 is 0 Å². The molecule has 0 N–H and O–H groups in total. The van der Waals surface area contributed by atoms with E-state index in [9.17, 15) is 0 Å². The zero-order valence-corrected chi connectivity index (χ0v) is 6.74. The lowest BCUT2D eigenvalue weighted by molar-refractivity contribution is 0.561. The summed E-state index contributed by atoms with van der Waals surface area (Å²) < 4.78 is 0. The highest BCUT2D eigenvalue weighted by Gasteiger charge is 2.13. The summed E-state index contributed by atoms with van der Waals surface area (Å²) in [5, 5.41) is 0. The summed E-state index contributed by atoms with van der Waals surface area (Å²) in [5.41, 5.74) is 0. The van der Waals surface area contributed by atoms with E-state index in [1.807, 2.05) is 0 Å². The molecule has 1 rings (SSSR count). The number of thiocarbonyl (C=S) groups is 1. The largest absolute Gasteiger partial charge is 0.0846 e. The van der Waals surface area contributed by atoms with Gasteiger partial charge < -0.3 is 0 Å². The summed E-state index contributed by atoms with van der Waals surface area (Å²) in [5.74, 6) is 1.35. The van der Waals surface area contributed by atoms with Crippen LogP contribution in [0.15, 0.2) is 12.2 Å². The highest BCUT2D eigenvalue weighted by Crippen LogP contribution is 2.20. The van der Waals surface area contributed by atoms with Crippen molar-refractivity contribution in [1.29, 1.82) is 0 Å². The van der Waals surface area contributed by atoms with Crippen LogP contribution in [0.5, 0.6) is 0 Å². The van der Waals surface area contributed by atoms with E-state index in [1.54, 1.807) is 0 Å². The van der Waals surface area contributed by atoms with Gasteiger partial charge in [-0.05, 0) is 18.3 Å². The molecule has 1 heteroatoms. The van der Waals surface area contributed by atoms with Crippen molar-refractivity contribution in [2.24, 2.45) is 11.8 Å². The molecule has 0 aromatic carbocycles. The van der Waals surface area contributed by atoms with Crippen molar-refractivity contribution in [3.05, 3.63) is 12.2 Å². The van der Waals surface area contributed by atoms with Gasteiger partial charge in [0.05, 0.1) is 0 Å². The first-order chi connectivity index (χ1) is 4.20.